The third-order valence-electron chi connectivity index (χ3n) is 5.59. The molecule has 0 aliphatic rings. The zero-order chi connectivity index (χ0) is 29.5. The number of carboxylic acids is 3. The van der Waals surface area contributed by atoms with Gasteiger partial charge < -0.3 is 47.8 Å². The molecule has 0 spiro atoms. The van der Waals surface area contributed by atoms with Crippen molar-refractivity contribution in [2.24, 2.45) is 11.5 Å². The van der Waals surface area contributed by atoms with Gasteiger partial charge in [0.1, 0.15) is 23.9 Å². The van der Waals surface area contributed by atoms with Crippen molar-refractivity contribution >= 4 is 35.6 Å². The van der Waals surface area contributed by atoms with Gasteiger partial charge in [-0.3, -0.25) is 24.0 Å². The lowest BCUT2D eigenvalue weighted by Gasteiger charge is -2.25. The van der Waals surface area contributed by atoms with Gasteiger partial charge in [0.2, 0.25) is 17.7 Å². The van der Waals surface area contributed by atoms with Crippen molar-refractivity contribution < 1.29 is 49.2 Å². The number of amides is 3. The van der Waals surface area contributed by atoms with E-state index in [1.807, 2.05) is 0 Å². The Morgan fingerprint density at radius 3 is 1.85 bits per heavy atom. The highest BCUT2D eigenvalue weighted by molar-refractivity contribution is 5.95. The van der Waals surface area contributed by atoms with Crippen molar-refractivity contribution in [2.75, 3.05) is 6.54 Å². The Kier molecular flexibility index (Phi) is 13.9. The van der Waals surface area contributed by atoms with Crippen molar-refractivity contribution in [3.05, 3.63) is 29.8 Å². The molecule has 1 aromatic rings. The molecule has 39 heavy (non-hydrogen) atoms. The molecule has 15 heteroatoms. The van der Waals surface area contributed by atoms with Crippen LogP contribution in [-0.2, 0) is 35.2 Å². The van der Waals surface area contributed by atoms with E-state index in [9.17, 15) is 39.0 Å². The highest BCUT2D eigenvalue weighted by Crippen LogP contribution is 2.12. The van der Waals surface area contributed by atoms with E-state index in [-0.39, 0.29) is 25.0 Å². The summed E-state index contributed by atoms with van der Waals surface area (Å²) in [6, 6.07) is -0.144. The van der Waals surface area contributed by atoms with E-state index in [2.05, 4.69) is 16.0 Å². The van der Waals surface area contributed by atoms with Crippen LogP contribution in [0, 0.1) is 0 Å². The van der Waals surface area contributed by atoms with Gasteiger partial charge in [-0.2, -0.15) is 0 Å². The molecule has 1 rings (SSSR count). The van der Waals surface area contributed by atoms with Gasteiger partial charge in [0, 0.05) is 12.8 Å². The summed E-state index contributed by atoms with van der Waals surface area (Å²) in [4.78, 5) is 72.2. The largest absolute Gasteiger partial charge is 0.508 e. The fraction of sp³-hybridized carbons (Fsp3) is 0.500. The predicted molar refractivity (Wildman–Crippen MR) is 135 cm³/mol. The Hall–Kier alpha value is -4.24. The van der Waals surface area contributed by atoms with Crippen molar-refractivity contribution in [3.63, 3.8) is 0 Å². The van der Waals surface area contributed by atoms with Crippen LogP contribution >= 0.6 is 0 Å². The third-order valence-corrected chi connectivity index (χ3v) is 5.59. The van der Waals surface area contributed by atoms with E-state index in [0.29, 0.717) is 24.9 Å². The Morgan fingerprint density at radius 2 is 1.31 bits per heavy atom. The van der Waals surface area contributed by atoms with E-state index in [1.54, 1.807) is 0 Å². The number of aromatic hydroxyl groups is 1. The number of carbonyl (C=O) groups excluding carboxylic acids is 3. The Balaban J connectivity index is 3.15. The maximum Gasteiger partial charge on any atom is 0.326 e. The second kappa shape index (κ2) is 16.6. The number of phenolic OH excluding ortho intramolecular Hbond substituents is 1. The Bertz CT molecular complexity index is 1020. The van der Waals surface area contributed by atoms with Gasteiger partial charge in [-0.05, 0) is 43.5 Å². The lowest BCUT2D eigenvalue weighted by atomic mass is 10.0. The summed E-state index contributed by atoms with van der Waals surface area (Å²) >= 11 is 0. The first kappa shape index (κ1) is 32.8. The molecular formula is C24H35N5O10. The van der Waals surface area contributed by atoms with Gasteiger partial charge in [-0.1, -0.05) is 18.6 Å². The summed E-state index contributed by atoms with van der Waals surface area (Å²) in [5.74, 6) is -7.11. The molecule has 0 radical (unpaired) electrons. The van der Waals surface area contributed by atoms with Crippen molar-refractivity contribution in [1.82, 2.24) is 16.0 Å². The molecule has 1 aromatic carbocycles. The van der Waals surface area contributed by atoms with Crippen molar-refractivity contribution in [3.8, 4) is 5.75 Å². The molecule has 0 fully saturated rings. The normalized spacial score (nSPS) is 13.8. The number of rotatable bonds is 18. The van der Waals surface area contributed by atoms with E-state index in [1.165, 1.54) is 24.3 Å². The molecule has 3 amide bonds. The maximum absolute atomic E-state index is 13.1. The fourth-order valence-electron chi connectivity index (χ4n) is 3.45. The monoisotopic (exact) mass is 553 g/mol. The molecule has 0 aromatic heterocycles. The zero-order valence-electron chi connectivity index (χ0n) is 21.2. The summed E-state index contributed by atoms with van der Waals surface area (Å²) in [5, 5.41) is 43.6. The number of hydrogen-bond donors (Lipinski definition) is 9. The Labute approximate surface area is 223 Å². The van der Waals surface area contributed by atoms with Crippen LogP contribution < -0.4 is 27.4 Å². The number of nitrogens with one attached hydrogen (secondary N) is 3. The average Bonchev–Trinajstić information content (AvgIpc) is 2.86. The standard InChI is InChI=1S/C24H35N5O10/c25-10-2-1-3-15(26)21(35)27-16(8-9-19(31)32)22(36)28-17(11-13-4-6-14(30)7-5-13)23(37)29-18(24(38)39)12-20(33)34/h4-7,15-18,30H,1-3,8-12,25-26H2,(H,27,35)(H,28,36)(H,29,37)(H,31,32)(H,33,34)(H,38,39). The topological polar surface area (TPSA) is 271 Å². The van der Waals surface area contributed by atoms with Crippen LogP contribution in [0.2, 0.25) is 0 Å². The number of nitrogens with two attached hydrogens (primary N) is 2. The number of aliphatic carboxylic acids is 3. The molecule has 0 aliphatic carbocycles. The van der Waals surface area contributed by atoms with Gasteiger partial charge in [0.15, 0.2) is 0 Å². The van der Waals surface area contributed by atoms with Gasteiger partial charge in [-0.25, -0.2) is 4.79 Å². The average molecular weight is 554 g/mol. The quantitative estimate of drug-likeness (QED) is 0.0917. The lowest BCUT2D eigenvalue weighted by molar-refractivity contribution is -0.147. The number of unbranched alkanes of at least 4 members (excludes halogenated alkanes) is 1. The van der Waals surface area contributed by atoms with Crippen LogP contribution in [-0.4, -0.2) is 86.8 Å². The molecule has 216 valence electrons. The van der Waals surface area contributed by atoms with Crippen LogP contribution in [0.15, 0.2) is 24.3 Å². The van der Waals surface area contributed by atoms with E-state index in [4.69, 9.17) is 21.7 Å². The summed E-state index contributed by atoms with van der Waals surface area (Å²) in [6.45, 7) is 0.400. The molecule has 15 nitrogen and oxygen atoms in total. The molecule has 0 saturated heterocycles. The minimum atomic E-state index is -1.80. The molecule has 0 heterocycles. The van der Waals surface area contributed by atoms with Crippen LogP contribution in [0.25, 0.3) is 0 Å². The van der Waals surface area contributed by atoms with Gasteiger partial charge in [0.25, 0.3) is 0 Å². The molecule has 4 unspecified atom stereocenters. The highest BCUT2D eigenvalue weighted by atomic mass is 16.4. The number of carbonyl (C=O) groups is 6. The summed E-state index contributed by atoms with van der Waals surface area (Å²) in [5.41, 5.74) is 11.7. The second-order valence-corrected chi connectivity index (χ2v) is 8.81. The summed E-state index contributed by atoms with van der Waals surface area (Å²) < 4.78 is 0. The fourth-order valence-corrected chi connectivity index (χ4v) is 3.45. The van der Waals surface area contributed by atoms with Gasteiger partial charge in [-0.15, -0.1) is 0 Å². The van der Waals surface area contributed by atoms with E-state index < -0.39 is 72.6 Å². The molecule has 4 atom stereocenters. The molecule has 11 N–H and O–H groups in total. The first-order valence-corrected chi connectivity index (χ1v) is 12.1. The molecular weight excluding hydrogens is 518 g/mol. The van der Waals surface area contributed by atoms with Crippen LogP contribution in [0.3, 0.4) is 0 Å². The van der Waals surface area contributed by atoms with Crippen LogP contribution in [0.4, 0.5) is 0 Å². The van der Waals surface area contributed by atoms with Crippen LogP contribution in [0.5, 0.6) is 5.75 Å². The van der Waals surface area contributed by atoms with E-state index in [0.717, 1.165) is 0 Å². The summed E-state index contributed by atoms with van der Waals surface area (Å²) in [7, 11) is 0. The number of carboxylic acid groups (broad SMARTS) is 3. The predicted octanol–water partition coefficient (Wildman–Crippen LogP) is -1.73. The highest BCUT2D eigenvalue weighted by Gasteiger charge is 2.31. The van der Waals surface area contributed by atoms with Crippen LogP contribution in [0.1, 0.15) is 44.1 Å². The summed E-state index contributed by atoms with van der Waals surface area (Å²) in [6.07, 6.45) is -0.551. The minimum absolute atomic E-state index is 0.0737. The zero-order valence-corrected chi connectivity index (χ0v) is 21.2. The molecule has 0 aliphatic heterocycles. The van der Waals surface area contributed by atoms with Crippen molar-refractivity contribution in [2.45, 2.75) is 69.1 Å². The van der Waals surface area contributed by atoms with Crippen molar-refractivity contribution in [1.29, 1.82) is 0 Å². The SMILES string of the molecule is NCCCCC(N)C(=O)NC(CCC(=O)O)C(=O)NC(Cc1ccc(O)cc1)C(=O)NC(CC(=O)O)C(=O)O. The molecule has 0 saturated carbocycles. The number of hydrogen-bond acceptors (Lipinski definition) is 9. The molecule has 0 bridgehead atoms. The number of phenols is 1. The first-order valence-electron chi connectivity index (χ1n) is 12.1. The lowest BCUT2D eigenvalue weighted by Crippen LogP contribution is -2.57. The number of benzene rings is 1. The van der Waals surface area contributed by atoms with E-state index >= 15 is 0 Å². The minimum Gasteiger partial charge on any atom is -0.508 e. The van der Waals surface area contributed by atoms with Gasteiger partial charge >= 0.3 is 17.9 Å². The Morgan fingerprint density at radius 1 is 0.744 bits per heavy atom. The van der Waals surface area contributed by atoms with Gasteiger partial charge in [0.05, 0.1) is 12.5 Å². The smallest absolute Gasteiger partial charge is 0.326 e. The third kappa shape index (κ3) is 12.7. The second-order valence-electron chi connectivity index (χ2n) is 8.81. The maximum atomic E-state index is 13.1. The first-order chi connectivity index (χ1) is 18.3.